The summed E-state index contributed by atoms with van der Waals surface area (Å²) in [7, 11) is 0. The first-order chi connectivity index (χ1) is 11.5. The molecule has 0 aromatic heterocycles. The van der Waals surface area contributed by atoms with Gasteiger partial charge in [-0.25, -0.2) is 0 Å². The van der Waals surface area contributed by atoms with Crippen LogP contribution in [0.1, 0.15) is 61.4 Å². The molecule has 0 radical (unpaired) electrons. The largest absolute Gasteiger partial charge is 0.352 e. The Labute approximate surface area is 143 Å². The molecule has 0 saturated heterocycles. The minimum absolute atomic E-state index is 0.0429. The zero-order valence-corrected chi connectivity index (χ0v) is 14.3. The lowest BCUT2D eigenvalue weighted by Gasteiger charge is -2.56. The van der Waals surface area contributed by atoms with Crippen LogP contribution in [0.25, 0.3) is 0 Å². The lowest BCUT2D eigenvalue weighted by molar-refractivity contribution is -0.119. The van der Waals surface area contributed by atoms with Crippen molar-refractivity contribution in [2.45, 2.75) is 57.5 Å². The molecule has 1 aromatic carbocycles. The van der Waals surface area contributed by atoms with E-state index in [4.69, 9.17) is 0 Å². The van der Waals surface area contributed by atoms with E-state index in [-0.39, 0.29) is 17.4 Å². The van der Waals surface area contributed by atoms with Crippen LogP contribution in [0.4, 0.5) is 0 Å². The molecule has 2 amide bonds. The Bertz CT molecular complexity index is 615. The Kier molecular flexibility index (Phi) is 3.86. The van der Waals surface area contributed by atoms with Gasteiger partial charge in [-0.15, -0.1) is 0 Å². The highest BCUT2D eigenvalue weighted by molar-refractivity contribution is 5.94. The van der Waals surface area contributed by atoms with Crippen molar-refractivity contribution in [3.63, 3.8) is 0 Å². The van der Waals surface area contributed by atoms with Gasteiger partial charge in [0.15, 0.2) is 0 Å². The van der Waals surface area contributed by atoms with Gasteiger partial charge in [0, 0.05) is 24.6 Å². The number of carbonyl (C=O) groups excluding carboxylic acids is 2. The van der Waals surface area contributed by atoms with Gasteiger partial charge in [-0.3, -0.25) is 9.59 Å². The molecule has 24 heavy (non-hydrogen) atoms. The average Bonchev–Trinajstić information content (AvgIpc) is 2.51. The summed E-state index contributed by atoms with van der Waals surface area (Å²) in [6, 6.07) is 7.58. The molecule has 4 bridgehead atoms. The molecule has 4 aliphatic rings. The van der Waals surface area contributed by atoms with Crippen molar-refractivity contribution in [2.75, 3.05) is 0 Å². The number of hydrogen-bond acceptors (Lipinski definition) is 2. The molecule has 2 N–H and O–H groups in total. The van der Waals surface area contributed by atoms with E-state index in [1.54, 1.807) is 0 Å². The van der Waals surface area contributed by atoms with Gasteiger partial charge in [0.05, 0.1) is 0 Å². The van der Waals surface area contributed by atoms with Crippen molar-refractivity contribution in [3.05, 3.63) is 35.4 Å². The first-order valence-electron chi connectivity index (χ1n) is 9.17. The third-order valence-electron chi connectivity index (χ3n) is 6.17. The molecule has 4 nitrogen and oxygen atoms in total. The van der Waals surface area contributed by atoms with Crippen LogP contribution in [0.5, 0.6) is 0 Å². The number of benzene rings is 1. The molecule has 0 unspecified atom stereocenters. The molecule has 4 saturated carbocycles. The summed E-state index contributed by atoms with van der Waals surface area (Å²) in [5, 5.41) is 6.18. The highest BCUT2D eigenvalue weighted by Crippen LogP contribution is 2.55. The predicted octanol–water partition coefficient (Wildman–Crippen LogP) is 3.02. The van der Waals surface area contributed by atoms with E-state index in [1.807, 2.05) is 24.3 Å². The maximum absolute atomic E-state index is 12.7. The molecule has 1 aromatic rings. The van der Waals surface area contributed by atoms with E-state index in [0.29, 0.717) is 6.54 Å². The van der Waals surface area contributed by atoms with Gasteiger partial charge >= 0.3 is 0 Å². The Morgan fingerprint density at radius 2 is 1.54 bits per heavy atom. The summed E-state index contributed by atoms with van der Waals surface area (Å²) in [5.74, 6) is 2.51. The number of rotatable bonds is 4. The minimum atomic E-state index is -0.0429. The maximum atomic E-state index is 12.7. The zero-order chi connectivity index (χ0) is 16.7. The molecule has 0 aliphatic heterocycles. The van der Waals surface area contributed by atoms with E-state index >= 15 is 0 Å². The quantitative estimate of drug-likeness (QED) is 0.893. The van der Waals surface area contributed by atoms with Gasteiger partial charge in [0.1, 0.15) is 0 Å². The van der Waals surface area contributed by atoms with Gasteiger partial charge in [-0.2, -0.15) is 0 Å². The number of hydrogen-bond donors (Lipinski definition) is 2. The lowest BCUT2D eigenvalue weighted by Crippen LogP contribution is -2.59. The van der Waals surface area contributed by atoms with E-state index in [0.717, 1.165) is 28.9 Å². The lowest BCUT2D eigenvalue weighted by atomic mass is 9.53. The molecule has 5 rings (SSSR count). The summed E-state index contributed by atoms with van der Waals surface area (Å²) in [6.07, 6.45) is 7.66. The van der Waals surface area contributed by atoms with Crippen LogP contribution in [-0.2, 0) is 11.3 Å². The maximum Gasteiger partial charge on any atom is 0.251 e. The van der Waals surface area contributed by atoms with Crippen molar-refractivity contribution in [1.82, 2.24) is 10.6 Å². The van der Waals surface area contributed by atoms with Crippen molar-refractivity contribution >= 4 is 11.8 Å². The summed E-state index contributed by atoms with van der Waals surface area (Å²) < 4.78 is 0. The smallest absolute Gasteiger partial charge is 0.251 e. The van der Waals surface area contributed by atoms with E-state index in [2.05, 4.69) is 10.6 Å². The third kappa shape index (κ3) is 3.06. The highest BCUT2D eigenvalue weighted by Gasteiger charge is 2.51. The fourth-order valence-electron chi connectivity index (χ4n) is 5.58. The second kappa shape index (κ2) is 5.91. The summed E-state index contributed by atoms with van der Waals surface area (Å²) in [6.45, 7) is 2.01. The number of nitrogens with one attached hydrogen (secondary N) is 2. The molecule has 4 fully saturated rings. The predicted molar refractivity (Wildman–Crippen MR) is 92.3 cm³/mol. The van der Waals surface area contributed by atoms with Gasteiger partial charge in [-0.1, -0.05) is 12.1 Å². The van der Waals surface area contributed by atoms with Crippen molar-refractivity contribution < 1.29 is 9.59 Å². The summed E-state index contributed by atoms with van der Waals surface area (Å²) in [4.78, 5) is 23.7. The third-order valence-corrected chi connectivity index (χ3v) is 6.17. The van der Waals surface area contributed by atoms with Crippen LogP contribution in [0.2, 0.25) is 0 Å². The average molecular weight is 326 g/mol. The fourth-order valence-corrected chi connectivity index (χ4v) is 5.58. The first-order valence-corrected chi connectivity index (χ1v) is 9.17. The Morgan fingerprint density at radius 1 is 1.00 bits per heavy atom. The highest BCUT2D eigenvalue weighted by atomic mass is 16.2. The molecule has 0 spiro atoms. The fraction of sp³-hybridized carbons (Fsp3) is 0.600. The van der Waals surface area contributed by atoms with Crippen molar-refractivity contribution in [1.29, 1.82) is 0 Å². The van der Waals surface area contributed by atoms with Crippen molar-refractivity contribution in [3.8, 4) is 0 Å². The van der Waals surface area contributed by atoms with Crippen LogP contribution in [0, 0.1) is 17.8 Å². The topological polar surface area (TPSA) is 58.2 Å². The van der Waals surface area contributed by atoms with Crippen molar-refractivity contribution in [2.24, 2.45) is 17.8 Å². The van der Waals surface area contributed by atoms with Gasteiger partial charge in [0.25, 0.3) is 5.91 Å². The second-order valence-electron chi connectivity index (χ2n) is 8.26. The van der Waals surface area contributed by atoms with Crippen LogP contribution < -0.4 is 10.6 Å². The van der Waals surface area contributed by atoms with E-state index in [1.165, 1.54) is 45.4 Å². The molecular weight excluding hydrogens is 300 g/mol. The molecule has 0 atom stereocenters. The van der Waals surface area contributed by atoms with Gasteiger partial charge in [0.2, 0.25) is 5.91 Å². The standard InChI is InChI=1S/C20H26N2O2/c1-13(23)21-12-14-2-4-18(5-3-14)19(24)22-20-9-15-6-16(10-20)8-17(7-15)11-20/h2-5,15-17H,6-12H2,1H3,(H,21,23)(H,22,24). The van der Waals surface area contributed by atoms with E-state index in [9.17, 15) is 9.59 Å². The summed E-state index contributed by atoms with van der Waals surface area (Å²) >= 11 is 0. The Morgan fingerprint density at radius 3 is 2.04 bits per heavy atom. The van der Waals surface area contributed by atoms with Gasteiger partial charge in [-0.05, 0) is 74.0 Å². The molecule has 128 valence electrons. The monoisotopic (exact) mass is 326 g/mol. The molecule has 0 heterocycles. The Balaban J connectivity index is 1.42. The minimum Gasteiger partial charge on any atom is -0.352 e. The van der Waals surface area contributed by atoms with Crippen LogP contribution in [0.15, 0.2) is 24.3 Å². The number of carbonyl (C=O) groups is 2. The van der Waals surface area contributed by atoms with Gasteiger partial charge < -0.3 is 10.6 Å². The Hall–Kier alpha value is -1.84. The van der Waals surface area contributed by atoms with Crippen LogP contribution in [-0.4, -0.2) is 17.4 Å². The zero-order valence-electron chi connectivity index (χ0n) is 14.3. The normalized spacial score (nSPS) is 33.3. The molecule has 4 aliphatic carbocycles. The summed E-state index contributed by atoms with van der Waals surface area (Å²) in [5.41, 5.74) is 1.79. The SMILES string of the molecule is CC(=O)NCc1ccc(C(=O)NC23CC4CC(CC(C4)C2)C3)cc1. The van der Waals surface area contributed by atoms with Crippen LogP contribution >= 0.6 is 0 Å². The number of amides is 2. The molecule has 4 heteroatoms. The second-order valence-corrected chi connectivity index (χ2v) is 8.26. The molecular formula is C20H26N2O2. The van der Waals surface area contributed by atoms with E-state index < -0.39 is 0 Å². The first kappa shape index (κ1) is 15.7. The van der Waals surface area contributed by atoms with Crippen LogP contribution in [0.3, 0.4) is 0 Å².